The highest BCUT2D eigenvalue weighted by Crippen LogP contribution is 2.69. The number of hydrogen-bond acceptors (Lipinski definition) is 3. The Hall–Kier alpha value is -2.43. The van der Waals surface area contributed by atoms with Crippen molar-refractivity contribution in [2.45, 2.75) is 64.7 Å². The molecule has 0 amide bonds. The molecule has 0 saturated heterocycles. The lowest BCUT2D eigenvalue weighted by Crippen LogP contribution is -2.56. The van der Waals surface area contributed by atoms with E-state index in [4.69, 9.17) is 4.74 Å². The van der Waals surface area contributed by atoms with Gasteiger partial charge >= 0.3 is 5.69 Å². The van der Waals surface area contributed by atoms with Crippen molar-refractivity contribution in [2.75, 3.05) is 0 Å². The van der Waals surface area contributed by atoms with Gasteiger partial charge in [0.25, 0.3) is 0 Å². The largest absolute Gasteiger partial charge is 0.457 e. The summed E-state index contributed by atoms with van der Waals surface area (Å²) in [4.78, 5) is 10.1. The van der Waals surface area contributed by atoms with Crippen LogP contribution in [-0.4, -0.2) is 4.92 Å². The van der Waals surface area contributed by atoms with Gasteiger partial charge in [0.1, 0.15) is 11.5 Å². The summed E-state index contributed by atoms with van der Waals surface area (Å²) in [6.45, 7) is 6.99. The molecule has 0 radical (unpaired) electrons. The van der Waals surface area contributed by atoms with Gasteiger partial charge in [-0.3, -0.25) is 10.1 Å². The van der Waals surface area contributed by atoms with Gasteiger partial charge in [0.2, 0.25) is 5.82 Å². The first kappa shape index (κ1) is 19.5. The predicted octanol–water partition coefficient (Wildman–Crippen LogP) is 7.08. The summed E-state index contributed by atoms with van der Waals surface area (Å²) >= 11 is 0. The minimum Gasteiger partial charge on any atom is -0.457 e. The zero-order valence-electron chi connectivity index (χ0n) is 17.8. The first-order valence-electron chi connectivity index (χ1n) is 10.8. The van der Waals surface area contributed by atoms with Crippen molar-refractivity contribution in [1.29, 1.82) is 0 Å². The van der Waals surface area contributed by atoms with E-state index in [1.807, 2.05) is 13.0 Å². The molecule has 30 heavy (non-hydrogen) atoms. The minimum atomic E-state index is -0.887. The number of ether oxygens (including phenoxy) is 1. The molecule has 4 saturated carbocycles. The molecule has 6 rings (SSSR count). The van der Waals surface area contributed by atoms with E-state index < -0.39 is 16.4 Å². The fourth-order valence-electron chi connectivity index (χ4n) is 7.69. The maximum Gasteiger partial charge on any atom is 0.305 e. The molecule has 2 aromatic carbocycles. The van der Waals surface area contributed by atoms with Crippen molar-refractivity contribution in [2.24, 2.45) is 16.7 Å². The molecule has 2 aromatic rings. The molecule has 0 spiro atoms. The molecule has 0 N–H and O–H groups in total. The first-order valence-corrected chi connectivity index (χ1v) is 10.8. The van der Waals surface area contributed by atoms with Crippen molar-refractivity contribution < 1.29 is 14.1 Å². The molecule has 5 heteroatoms. The number of halogens is 1. The normalized spacial score (nSPS) is 34.2. The topological polar surface area (TPSA) is 52.4 Å². The molecule has 158 valence electrons. The molecule has 4 fully saturated rings. The molecule has 2 atom stereocenters. The van der Waals surface area contributed by atoms with E-state index in [1.54, 1.807) is 0 Å². The van der Waals surface area contributed by atoms with E-state index in [9.17, 15) is 14.5 Å². The van der Waals surface area contributed by atoms with Crippen molar-refractivity contribution in [3.8, 4) is 11.5 Å². The van der Waals surface area contributed by atoms with Crippen LogP contribution >= 0.6 is 0 Å². The van der Waals surface area contributed by atoms with Crippen LogP contribution in [0.2, 0.25) is 0 Å². The highest BCUT2D eigenvalue weighted by molar-refractivity contribution is 5.45. The Labute approximate surface area is 176 Å². The zero-order valence-corrected chi connectivity index (χ0v) is 17.8. The lowest BCUT2D eigenvalue weighted by molar-refractivity contribution is -0.387. The minimum absolute atomic E-state index is 0.256. The van der Waals surface area contributed by atoms with Gasteiger partial charge in [-0.2, -0.15) is 4.39 Å². The second-order valence-electron chi connectivity index (χ2n) is 10.9. The fraction of sp³-hybridized carbons (Fsp3) is 0.520. The molecule has 4 aliphatic rings. The smallest absolute Gasteiger partial charge is 0.305 e. The van der Waals surface area contributed by atoms with Crippen LogP contribution < -0.4 is 4.74 Å². The predicted molar refractivity (Wildman–Crippen MR) is 113 cm³/mol. The van der Waals surface area contributed by atoms with Crippen LogP contribution in [0.1, 0.15) is 63.5 Å². The van der Waals surface area contributed by atoms with E-state index in [1.165, 1.54) is 50.2 Å². The number of nitro benzene ring substituents is 1. The van der Waals surface area contributed by atoms with Gasteiger partial charge in [-0.1, -0.05) is 26.0 Å². The number of nitro groups is 1. The number of rotatable bonds is 4. The second kappa shape index (κ2) is 6.29. The summed E-state index contributed by atoms with van der Waals surface area (Å²) in [6, 6.07) is 10.1. The van der Waals surface area contributed by atoms with Gasteiger partial charge in [0.15, 0.2) is 0 Å². The SMILES string of the molecule is Cc1cc(C23CC4CC(C)(CC(C)(C4)C2)C3)ccc1Oc1ccc([N+](=O)[O-])c(F)c1. The highest BCUT2D eigenvalue weighted by atomic mass is 19.1. The number of nitrogens with zero attached hydrogens (tertiary/aromatic N) is 1. The van der Waals surface area contributed by atoms with E-state index in [0.717, 1.165) is 23.6 Å². The van der Waals surface area contributed by atoms with Gasteiger partial charge in [0, 0.05) is 12.1 Å². The standard InChI is InChI=1S/C25H28FNO3/c1-16-8-18(25-12-17-10-23(2,14-25)13-24(3,11-17)15-25)4-7-22(16)30-19-5-6-21(27(28)29)20(26)9-19/h4-9,17H,10-15H2,1-3H3. The molecule has 4 nitrogen and oxygen atoms in total. The molecule has 0 aromatic heterocycles. The van der Waals surface area contributed by atoms with Gasteiger partial charge in [-0.25, -0.2) is 0 Å². The number of aryl methyl sites for hydroxylation is 1. The van der Waals surface area contributed by atoms with Gasteiger partial charge in [-0.15, -0.1) is 0 Å². The average Bonchev–Trinajstić information content (AvgIpc) is 2.60. The molecular formula is C25H28FNO3. The van der Waals surface area contributed by atoms with Crippen LogP contribution in [-0.2, 0) is 5.41 Å². The summed E-state index contributed by atoms with van der Waals surface area (Å²) in [5.74, 6) is 0.871. The first-order chi connectivity index (χ1) is 14.1. The summed E-state index contributed by atoms with van der Waals surface area (Å²) in [7, 11) is 0. The number of hydrogen-bond donors (Lipinski definition) is 0. The molecule has 2 unspecified atom stereocenters. The quantitative estimate of drug-likeness (QED) is 0.400. The molecule has 4 aliphatic carbocycles. The lowest BCUT2D eigenvalue weighted by atomic mass is 9.39. The second-order valence-corrected chi connectivity index (χ2v) is 10.9. The van der Waals surface area contributed by atoms with Crippen LogP contribution in [0.15, 0.2) is 36.4 Å². The van der Waals surface area contributed by atoms with Crippen LogP contribution in [0.5, 0.6) is 11.5 Å². The van der Waals surface area contributed by atoms with Crippen molar-refractivity contribution in [3.63, 3.8) is 0 Å². The monoisotopic (exact) mass is 409 g/mol. The third-order valence-corrected chi connectivity index (χ3v) is 7.76. The van der Waals surface area contributed by atoms with Crippen molar-refractivity contribution in [1.82, 2.24) is 0 Å². The van der Waals surface area contributed by atoms with E-state index in [0.29, 0.717) is 16.6 Å². The maximum absolute atomic E-state index is 13.9. The van der Waals surface area contributed by atoms with Crippen LogP contribution in [0, 0.1) is 39.6 Å². The Balaban J connectivity index is 1.43. The van der Waals surface area contributed by atoms with Gasteiger partial charge in [0.05, 0.1) is 4.92 Å². The van der Waals surface area contributed by atoms with E-state index in [-0.39, 0.29) is 11.2 Å². The molecule has 0 aliphatic heterocycles. The Bertz CT molecular complexity index is 1030. The Morgan fingerprint density at radius 2 is 1.73 bits per heavy atom. The molecule has 0 heterocycles. The van der Waals surface area contributed by atoms with Crippen molar-refractivity contribution in [3.05, 3.63) is 63.5 Å². The Morgan fingerprint density at radius 1 is 1.03 bits per heavy atom. The summed E-state index contributed by atoms with van der Waals surface area (Å²) in [5, 5.41) is 10.8. The van der Waals surface area contributed by atoms with E-state index >= 15 is 0 Å². The molecular weight excluding hydrogens is 381 g/mol. The summed E-state index contributed by atoms with van der Waals surface area (Å²) < 4.78 is 19.8. The van der Waals surface area contributed by atoms with Crippen LogP contribution in [0.4, 0.5) is 10.1 Å². The Kier molecular flexibility index (Phi) is 4.09. The summed E-state index contributed by atoms with van der Waals surface area (Å²) in [6.07, 6.45) is 7.90. The lowest BCUT2D eigenvalue weighted by Gasteiger charge is -2.65. The van der Waals surface area contributed by atoms with Gasteiger partial charge < -0.3 is 4.74 Å². The molecule has 4 bridgehead atoms. The third kappa shape index (κ3) is 3.10. The maximum atomic E-state index is 13.9. The van der Waals surface area contributed by atoms with Gasteiger partial charge in [-0.05, 0) is 90.9 Å². The zero-order chi connectivity index (χ0) is 21.3. The van der Waals surface area contributed by atoms with E-state index in [2.05, 4.69) is 26.0 Å². The number of benzene rings is 2. The third-order valence-electron chi connectivity index (χ3n) is 7.76. The fourth-order valence-corrected chi connectivity index (χ4v) is 7.69. The summed E-state index contributed by atoms with van der Waals surface area (Å²) in [5.41, 5.74) is 3.03. The highest BCUT2D eigenvalue weighted by Gasteiger charge is 2.60. The van der Waals surface area contributed by atoms with Crippen molar-refractivity contribution >= 4 is 5.69 Å². The van der Waals surface area contributed by atoms with Crippen LogP contribution in [0.25, 0.3) is 0 Å². The average molecular weight is 410 g/mol. The van der Waals surface area contributed by atoms with Crippen LogP contribution in [0.3, 0.4) is 0 Å². The Morgan fingerprint density at radius 3 is 2.30 bits per heavy atom.